The lowest BCUT2D eigenvalue weighted by Crippen LogP contribution is -2.50. The molecule has 2 heterocycles. The van der Waals surface area contributed by atoms with Crippen LogP contribution in [0.5, 0.6) is 0 Å². The van der Waals surface area contributed by atoms with Gasteiger partial charge in [0.15, 0.2) is 0 Å². The SMILES string of the molecule is CCc1sc2[nH]c(=O)n(C(C)(C)C(=O)O)c(=O)c2c1-c1ccc(C(C)(C)C)cc1. The van der Waals surface area contributed by atoms with Crippen molar-refractivity contribution < 1.29 is 9.90 Å². The van der Waals surface area contributed by atoms with Crippen LogP contribution in [0.25, 0.3) is 21.3 Å². The number of H-pyrrole nitrogens is 1. The summed E-state index contributed by atoms with van der Waals surface area (Å²) in [4.78, 5) is 41.8. The van der Waals surface area contributed by atoms with Crippen LogP contribution in [0.1, 0.15) is 52.0 Å². The van der Waals surface area contributed by atoms with Crippen molar-refractivity contribution in [2.75, 3.05) is 0 Å². The third kappa shape index (κ3) is 3.44. The average Bonchev–Trinajstić information content (AvgIpc) is 2.99. The molecule has 0 spiro atoms. The molecule has 7 heteroatoms. The number of fused-ring (bicyclic) bond motifs is 1. The fourth-order valence-corrected chi connectivity index (χ4v) is 4.56. The van der Waals surface area contributed by atoms with E-state index in [9.17, 15) is 19.5 Å². The number of carboxylic acid groups (broad SMARTS) is 1. The second-order valence-corrected chi connectivity index (χ2v) is 9.83. The standard InChI is InChI=1S/C22H26N2O4S/c1-7-14-15(12-8-10-13(11-9-12)21(2,3)4)16-17(29-14)23-20(28)24(18(16)25)22(5,6)19(26)27/h8-11H,7H2,1-6H3,(H,23,28)(H,26,27). The Morgan fingerprint density at radius 1 is 1.10 bits per heavy atom. The predicted molar refractivity (Wildman–Crippen MR) is 117 cm³/mol. The predicted octanol–water partition coefficient (Wildman–Crippen LogP) is 4.10. The third-order valence-corrected chi connectivity index (χ3v) is 6.51. The highest BCUT2D eigenvalue weighted by molar-refractivity contribution is 7.19. The minimum absolute atomic E-state index is 0.00624. The summed E-state index contributed by atoms with van der Waals surface area (Å²) < 4.78 is 0.802. The summed E-state index contributed by atoms with van der Waals surface area (Å²) in [6.45, 7) is 11.1. The summed E-state index contributed by atoms with van der Waals surface area (Å²) in [7, 11) is 0. The molecule has 0 aliphatic rings. The zero-order valence-electron chi connectivity index (χ0n) is 17.5. The Labute approximate surface area is 172 Å². The van der Waals surface area contributed by atoms with E-state index in [2.05, 4.69) is 25.8 Å². The first-order chi connectivity index (χ1) is 13.4. The molecule has 3 aromatic rings. The molecule has 2 N–H and O–H groups in total. The Kier molecular flexibility index (Phi) is 5.07. The van der Waals surface area contributed by atoms with Gasteiger partial charge >= 0.3 is 11.7 Å². The molecule has 3 rings (SSSR count). The maximum Gasteiger partial charge on any atom is 0.330 e. The molecule has 0 fully saturated rings. The number of hydrogen-bond donors (Lipinski definition) is 2. The van der Waals surface area contributed by atoms with Gasteiger partial charge in [0.05, 0.1) is 5.39 Å². The van der Waals surface area contributed by atoms with Crippen molar-refractivity contribution in [3.63, 3.8) is 0 Å². The van der Waals surface area contributed by atoms with E-state index in [1.54, 1.807) is 0 Å². The summed E-state index contributed by atoms with van der Waals surface area (Å²) >= 11 is 1.37. The van der Waals surface area contributed by atoms with Crippen LogP contribution in [-0.2, 0) is 22.2 Å². The lowest BCUT2D eigenvalue weighted by molar-refractivity contribution is -0.146. The highest BCUT2D eigenvalue weighted by Crippen LogP contribution is 2.37. The van der Waals surface area contributed by atoms with Gasteiger partial charge < -0.3 is 5.11 Å². The second kappa shape index (κ2) is 6.99. The lowest BCUT2D eigenvalue weighted by atomic mass is 9.86. The van der Waals surface area contributed by atoms with Gasteiger partial charge in [0, 0.05) is 10.4 Å². The summed E-state index contributed by atoms with van der Waals surface area (Å²) in [6, 6.07) is 8.06. The molecule has 0 bridgehead atoms. The quantitative estimate of drug-likeness (QED) is 0.672. The average molecular weight is 415 g/mol. The van der Waals surface area contributed by atoms with Crippen molar-refractivity contribution in [2.45, 2.75) is 58.9 Å². The number of aliphatic carboxylic acids is 1. The minimum Gasteiger partial charge on any atom is -0.480 e. The molecule has 0 saturated heterocycles. The largest absolute Gasteiger partial charge is 0.480 e. The molecule has 2 aromatic heterocycles. The third-order valence-electron chi connectivity index (χ3n) is 5.26. The number of thiophene rings is 1. The molecule has 0 saturated carbocycles. The fraction of sp³-hybridized carbons (Fsp3) is 0.409. The molecule has 29 heavy (non-hydrogen) atoms. The van der Waals surface area contributed by atoms with E-state index in [-0.39, 0.29) is 5.41 Å². The zero-order chi connectivity index (χ0) is 21.7. The number of carboxylic acids is 1. The monoisotopic (exact) mass is 414 g/mol. The first-order valence-corrected chi connectivity index (χ1v) is 10.4. The minimum atomic E-state index is -1.67. The van der Waals surface area contributed by atoms with Gasteiger partial charge in [-0.25, -0.2) is 14.2 Å². The fourth-order valence-electron chi connectivity index (χ4n) is 3.42. The number of rotatable bonds is 4. The van der Waals surface area contributed by atoms with Gasteiger partial charge in [-0.1, -0.05) is 52.0 Å². The van der Waals surface area contributed by atoms with Crippen molar-refractivity contribution in [2.24, 2.45) is 0 Å². The lowest BCUT2D eigenvalue weighted by Gasteiger charge is -2.21. The van der Waals surface area contributed by atoms with E-state index >= 15 is 0 Å². The van der Waals surface area contributed by atoms with Crippen LogP contribution in [0.2, 0.25) is 0 Å². The Balaban J connectivity index is 2.37. The van der Waals surface area contributed by atoms with Crippen molar-refractivity contribution in [3.8, 4) is 11.1 Å². The molecule has 0 amide bonds. The molecule has 1 aromatic carbocycles. The van der Waals surface area contributed by atoms with Gasteiger partial charge in [0.2, 0.25) is 0 Å². The Bertz CT molecular complexity index is 1210. The van der Waals surface area contributed by atoms with E-state index in [0.29, 0.717) is 16.6 Å². The van der Waals surface area contributed by atoms with Gasteiger partial charge in [-0.15, -0.1) is 11.3 Å². The van der Waals surface area contributed by atoms with E-state index in [0.717, 1.165) is 20.6 Å². The van der Waals surface area contributed by atoms with Crippen molar-refractivity contribution >= 4 is 27.5 Å². The highest BCUT2D eigenvalue weighted by atomic mass is 32.1. The van der Waals surface area contributed by atoms with Crippen LogP contribution in [-0.4, -0.2) is 20.6 Å². The molecule has 154 valence electrons. The van der Waals surface area contributed by atoms with Crippen molar-refractivity contribution in [1.82, 2.24) is 9.55 Å². The van der Waals surface area contributed by atoms with Crippen molar-refractivity contribution in [1.29, 1.82) is 0 Å². The number of nitrogens with zero attached hydrogens (tertiary/aromatic N) is 1. The molecule has 0 aliphatic heterocycles. The Morgan fingerprint density at radius 3 is 2.17 bits per heavy atom. The number of nitrogens with one attached hydrogen (secondary N) is 1. The van der Waals surface area contributed by atoms with Gasteiger partial charge in [-0.3, -0.25) is 9.78 Å². The van der Waals surface area contributed by atoms with Crippen LogP contribution >= 0.6 is 11.3 Å². The van der Waals surface area contributed by atoms with Crippen LogP contribution in [0, 0.1) is 0 Å². The normalized spacial score (nSPS) is 12.5. The Morgan fingerprint density at radius 2 is 1.69 bits per heavy atom. The second-order valence-electron chi connectivity index (χ2n) is 8.72. The molecule has 0 atom stereocenters. The van der Waals surface area contributed by atoms with Gasteiger partial charge in [0.1, 0.15) is 10.4 Å². The number of hydrogen-bond acceptors (Lipinski definition) is 4. The van der Waals surface area contributed by atoms with E-state index < -0.39 is 22.8 Å². The van der Waals surface area contributed by atoms with E-state index in [4.69, 9.17) is 0 Å². The highest BCUT2D eigenvalue weighted by Gasteiger charge is 2.34. The maximum atomic E-state index is 13.3. The molecule has 6 nitrogen and oxygen atoms in total. The van der Waals surface area contributed by atoms with Gasteiger partial charge in [0.25, 0.3) is 5.56 Å². The summed E-state index contributed by atoms with van der Waals surface area (Å²) in [5, 5.41) is 9.92. The molecule has 0 radical (unpaired) electrons. The van der Waals surface area contributed by atoms with Crippen molar-refractivity contribution in [3.05, 3.63) is 55.5 Å². The Hall–Kier alpha value is -2.67. The van der Waals surface area contributed by atoms with E-state index in [1.165, 1.54) is 30.7 Å². The summed E-state index contributed by atoms with van der Waals surface area (Å²) in [5.74, 6) is -1.24. The number of aryl methyl sites for hydroxylation is 1. The molecular weight excluding hydrogens is 388 g/mol. The maximum absolute atomic E-state index is 13.3. The van der Waals surface area contributed by atoms with Gasteiger partial charge in [-0.05, 0) is 36.8 Å². The number of aromatic amines is 1. The summed E-state index contributed by atoms with van der Waals surface area (Å²) in [5.41, 5.74) is -0.131. The molecular formula is C22H26N2O4S. The number of aromatic nitrogens is 2. The molecule has 0 aliphatic carbocycles. The first kappa shape index (κ1) is 21.0. The first-order valence-electron chi connectivity index (χ1n) is 9.55. The molecule has 0 unspecified atom stereocenters. The topological polar surface area (TPSA) is 92.2 Å². The van der Waals surface area contributed by atoms with Crippen LogP contribution in [0.15, 0.2) is 33.9 Å². The van der Waals surface area contributed by atoms with Gasteiger partial charge in [-0.2, -0.15) is 0 Å². The van der Waals surface area contributed by atoms with Crippen LogP contribution in [0.3, 0.4) is 0 Å². The van der Waals surface area contributed by atoms with E-state index in [1.807, 2.05) is 31.2 Å². The number of carbonyl (C=O) groups is 1. The smallest absolute Gasteiger partial charge is 0.330 e. The summed E-state index contributed by atoms with van der Waals surface area (Å²) in [6.07, 6.45) is 0.694. The van der Waals surface area contributed by atoms with Crippen LogP contribution < -0.4 is 11.2 Å². The number of benzene rings is 1. The zero-order valence-corrected chi connectivity index (χ0v) is 18.4. The van der Waals surface area contributed by atoms with Crippen LogP contribution in [0.4, 0.5) is 0 Å².